The van der Waals surface area contributed by atoms with Crippen LogP contribution in [-0.2, 0) is 9.63 Å². The van der Waals surface area contributed by atoms with E-state index in [-0.39, 0.29) is 5.90 Å². The summed E-state index contributed by atoms with van der Waals surface area (Å²) in [6.45, 7) is 5.51. The first-order valence-electron chi connectivity index (χ1n) is 7.33. The van der Waals surface area contributed by atoms with Gasteiger partial charge in [0, 0.05) is 6.92 Å². The summed E-state index contributed by atoms with van der Waals surface area (Å²) in [6.07, 6.45) is 0. The third-order valence-corrected chi connectivity index (χ3v) is 2.95. The molecule has 5 nitrogen and oxygen atoms in total. The number of aryl methyl sites for hydroxylation is 1. The highest BCUT2D eigenvalue weighted by Gasteiger charge is 2.16. The second kappa shape index (κ2) is 7.98. The molecule has 0 aliphatic carbocycles. The molecular weight excluding hydrogens is 294 g/mol. The van der Waals surface area contributed by atoms with Crippen LogP contribution in [0.4, 0.5) is 0 Å². The molecule has 0 bridgehead atoms. The number of carbonyl (C=O) groups is 1. The first kappa shape index (κ1) is 16.5. The Labute approximate surface area is 135 Å². The highest BCUT2D eigenvalue weighted by atomic mass is 16.6. The molecule has 2 aromatic rings. The van der Waals surface area contributed by atoms with Crippen LogP contribution < -0.4 is 9.47 Å². The molecule has 0 heterocycles. The van der Waals surface area contributed by atoms with E-state index >= 15 is 0 Å². The number of oxime groups is 1. The summed E-state index contributed by atoms with van der Waals surface area (Å²) in [5.41, 5.74) is 1.50. The van der Waals surface area contributed by atoms with Gasteiger partial charge in [0.05, 0.1) is 5.56 Å². The van der Waals surface area contributed by atoms with Crippen LogP contribution in [-0.4, -0.2) is 18.5 Å². The van der Waals surface area contributed by atoms with Crippen molar-refractivity contribution in [2.45, 2.75) is 20.8 Å². The fraction of sp³-hybridized carbons (Fsp3) is 0.222. The molecule has 0 N–H and O–H groups in total. The van der Waals surface area contributed by atoms with Crippen molar-refractivity contribution >= 4 is 11.9 Å². The standard InChI is InChI=1S/C18H19NO4/c1-4-21-19-18(23-16-11-7-5-9-13(16)2)15-10-6-8-12-17(15)22-14(3)20/h5-12H,4H2,1-3H3. The van der Waals surface area contributed by atoms with Gasteiger partial charge in [-0.1, -0.05) is 30.3 Å². The van der Waals surface area contributed by atoms with E-state index in [1.54, 1.807) is 18.2 Å². The molecule has 2 rings (SSSR count). The topological polar surface area (TPSA) is 57.1 Å². The lowest BCUT2D eigenvalue weighted by Gasteiger charge is -2.13. The van der Waals surface area contributed by atoms with Crippen molar-refractivity contribution < 1.29 is 19.1 Å². The van der Waals surface area contributed by atoms with E-state index in [0.717, 1.165) is 5.56 Å². The Morgan fingerprint density at radius 2 is 1.65 bits per heavy atom. The van der Waals surface area contributed by atoms with E-state index in [4.69, 9.17) is 14.3 Å². The molecule has 0 unspecified atom stereocenters. The van der Waals surface area contributed by atoms with Gasteiger partial charge in [-0.2, -0.15) is 0 Å². The first-order valence-corrected chi connectivity index (χ1v) is 7.33. The number of esters is 1. The Morgan fingerprint density at radius 1 is 1.00 bits per heavy atom. The van der Waals surface area contributed by atoms with Crippen LogP contribution in [0.15, 0.2) is 53.7 Å². The molecular formula is C18H19NO4. The fourth-order valence-electron chi connectivity index (χ4n) is 1.91. The Balaban J connectivity index is 2.40. The quantitative estimate of drug-likeness (QED) is 0.278. The van der Waals surface area contributed by atoms with E-state index < -0.39 is 5.97 Å². The van der Waals surface area contributed by atoms with Crippen LogP contribution in [0.25, 0.3) is 0 Å². The van der Waals surface area contributed by atoms with Crippen molar-refractivity contribution in [1.29, 1.82) is 0 Å². The number of benzene rings is 2. The molecule has 0 aliphatic rings. The van der Waals surface area contributed by atoms with Gasteiger partial charge in [-0.05, 0) is 42.8 Å². The van der Waals surface area contributed by atoms with Gasteiger partial charge in [-0.25, -0.2) is 0 Å². The molecule has 0 atom stereocenters. The van der Waals surface area contributed by atoms with E-state index in [9.17, 15) is 4.79 Å². The normalized spacial score (nSPS) is 11.0. The van der Waals surface area contributed by atoms with Crippen LogP contribution >= 0.6 is 0 Å². The number of nitrogens with zero attached hydrogens (tertiary/aromatic N) is 1. The predicted octanol–water partition coefficient (Wildman–Crippen LogP) is 3.70. The maximum atomic E-state index is 11.3. The van der Waals surface area contributed by atoms with E-state index in [1.165, 1.54) is 6.92 Å². The SMILES string of the molecule is CCON=C(Oc1ccccc1C)c1ccccc1OC(C)=O. The minimum atomic E-state index is -0.413. The van der Waals surface area contributed by atoms with E-state index in [1.807, 2.05) is 44.2 Å². The zero-order valence-electron chi connectivity index (χ0n) is 13.4. The summed E-state index contributed by atoms with van der Waals surface area (Å²) < 4.78 is 11.1. The minimum Gasteiger partial charge on any atom is -0.436 e. The number of hydrogen-bond acceptors (Lipinski definition) is 5. The summed E-state index contributed by atoms with van der Waals surface area (Å²) in [5, 5.41) is 4.02. The molecule has 2 aromatic carbocycles. The number of ether oxygens (including phenoxy) is 2. The van der Waals surface area contributed by atoms with Gasteiger partial charge in [0.15, 0.2) is 0 Å². The fourth-order valence-corrected chi connectivity index (χ4v) is 1.91. The highest BCUT2D eigenvalue weighted by molar-refractivity contribution is 5.98. The van der Waals surface area contributed by atoms with Gasteiger partial charge < -0.3 is 14.3 Å². The van der Waals surface area contributed by atoms with Gasteiger partial charge in [0.2, 0.25) is 0 Å². The zero-order chi connectivity index (χ0) is 16.7. The molecule has 0 aromatic heterocycles. The average Bonchev–Trinajstić information content (AvgIpc) is 2.53. The summed E-state index contributed by atoms with van der Waals surface area (Å²) in [5.74, 6) is 0.845. The number of hydrogen-bond donors (Lipinski definition) is 0. The number of carbonyl (C=O) groups excluding carboxylic acids is 1. The van der Waals surface area contributed by atoms with Crippen molar-refractivity contribution in [3.63, 3.8) is 0 Å². The molecule has 0 amide bonds. The van der Waals surface area contributed by atoms with Gasteiger partial charge in [-0.15, -0.1) is 0 Å². The predicted molar refractivity (Wildman–Crippen MR) is 87.7 cm³/mol. The maximum Gasteiger partial charge on any atom is 0.308 e. The lowest BCUT2D eigenvalue weighted by atomic mass is 10.2. The van der Waals surface area contributed by atoms with Crippen LogP contribution in [0, 0.1) is 6.92 Å². The average molecular weight is 313 g/mol. The van der Waals surface area contributed by atoms with Crippen LogP contribution in [0.2, 0.25) is 0 Å². The second-order valence-electron chi connectivity index (χ2n) is 4.77. The minimum absolute atomic E-state index is 0.234. The lowest BCUT2D eigenvalue weighted by molar-refractivity contribution is -0.131. The second-order valence-corrected chi connectivity index (χ2v) is 4.77. The van der Waals surface area contributed by atoms with Gasteiger partial charge in [-0.3, -0.25) is 4.79 Å². The third kappa shape index (κ3) is 4.57. The summed E-state index contributed by atoms with van der Waals surface area (Å²) in [7, 11) is 0. The number of rotatable bonds is 5. The molecule has 0 spiro atoms. The molecule has 120 valence electrons. The van der Waals surface area contributed by atoms with Crippen molar-refractivity contribution in [3.05, 3.63) is 59.7 Å². The monoisotopic (exact) mass is 313 g/mol. The van der Waals surface area contributed by atoms with Crippen molar-refractivity contribution in [2.24, 2.45) is 5.16 Å². The smallest absolute Gasteiger partial charge is 0.308 e. The van der Waals surface area contributed by atoms with Crippen LogP contribution in [0.3, 0.4) is 0 Å². The zero-order valence-corrected chi connectivity index (χ0v) is 13.4. The summed E-state index contributed by atoms with van der Waals surface area (Å²) in [4.78, 5) is 16.4. The lowest BCUT2D eigenvalue weighted by Crippen LogP contribution is -2.15. The molecule has 23 heavy (non-hydrogen) atoms. The summed E-state index contributed by atoms with van der Waals surface area (Å²) >= 11 is 0. The maximum absolute atomic E-state index is 11.3. The molecule has 5 heteroatoms. The van der Waals surface area contributed by atoms with Gasteiger partial charge >= 0.3 is 5.97 Å². The molecule has 0 aliphatic heterocycles. The molecule has 0 radical (unpaired) electrons. The van der Waals surface area contributed by atoms with E-state index in [2.05, 4.69) is 5.16 Å². The van der Waals surface area contributed by atoms with Crippen molar-refractivity contribution in [1.82, 2.24) is 0 Å². The Morgan fingerprint density at radius 3 is 2.30 bits per heavy atom. The third-order valence-electron chi connectivity index (χ3n) is 2.95. The van der Waals surface area contributed by atoms with Crippen molar-refractivity contribution in [3.8, 4) is 11.5 Å². The molecule has 0 fully saturated rings. The molecule has 0 saturated heterocycles. The van der Waals surface area contributed by atoms with E-state index in [0.29, 0.717) is 23.7 Å². The van der Waals surface area contributed by atoms with Crippen LogP contribution in [0.1, 0.15) is 25.0 Å². The Hall–Kier alpha value is -2.82. The highest BCUT2D eigenvalue weighted by Crippen LogP contribution is 2.23. The Kier molecular flexibility index (Phi) is 5.74. The Bertz CT molecular complexity index is 710. The largest absolute Gasteiger partial charge is 0.436 e. The van der Waals surface area contributed by atoms with Crippen molar-refractivity contribution in [2.75, 3.05) is 6.61 Å². The van der Waals surface area contributed by atoms with Crippen LogP contribution in [0.5, 0.6) is 11.5 Å². The molecule has 0 saturated carbocycles. The number of para-hydroxylation sites is 2. The summed E-state index contributed by atoms with van der Waals surface area (Å²) in [6, 6.07) is 14.6. The van der Waals surface area contributed by atoms with Gasteiger partial charge in [0.25, 0.3) is 5.90 Å². The van der Waals surface area contributed by atoms with Gasteiger partial charge in [0.1, 0.15) is 18.1 Å². The first-order chi connectivity index (χ1) is 11.1.